The van der Waals surface area contributed by atoms with Crippen molar-refractivity contribution in [1.29, 1.82) is 0 Å². The standard InChI is InChI=1S/C15H11BrN2O2/c1-9-2-4-12-10(6-9)7-13(20-12)15(19)18-11-3-5-14(16)17-8-11/h2-8H,1H3,(H,18,19). The third-order valence-electron chi connectivity index (χ3n) is 2.88. The van der Waals surface area contributed by atoms with E-state index >= 15 is 0 Å². The number of pyridine rings is 1. The van der Waals surface area contributed by atoms with Crippen LogP contribution in [0.3, 0.4) is 0 Å². The maximum atomic E-state index is 12.1. The number of furan rings is 1. The molecule has 0 saturated heterocycles. The van der Waals surface area contributed by atoms with Crippen molar-refractivity contribution in [3.63, 3.8) is 0 Å². The van der Waals surface area contributed by atoms with E-state index in [1.165, 1.54) is 0 Å². The largest absolute Gasteiger partial charge is 0.451 e. The molecular formula is C15H11BrN2O2. The van der Waals surface area contributed by atoms with Crippen molar-refractivity contribution in [3.8, 4) is 0 Å². The summed E-state index contributed by atoms with van der Waals surface area (Å²) in [7, 11) is 0. The molecule has 0 aliphatic carbocycles. The fourth-order valence-corrected chi connectivity index (χ4v) is 2.15. The van der Waals surface area contributed by atoms with Crippen LogP contribution in [0.4, 0.5) is 5.69 Å². The summed E-state index contributed by atoms with van der Waals surface area (Å²) in [6.45, 7) is 2.00. The second-order valence-corrected chi connectivity index (χ2v) is 5.29. The minimum absolute atomic E-state index is 0.286. The summed E-state index contributed by atoms with van der Waals surface area (Å²) in [5.41, 5.74) is 2.45. The van der Waals surface area contributed by atoms with Crippen molar-refractivity contribution >= 4 is 38.5 Å². The van der Waals surface area contributed by atoms with Gasteiger partial charge in [-0.15, -0.1) is 0 Å². The van der Waals surface area contributed by atoms with Crippen LogP contribution in [-0.2, 0) is 0 Å². The summed E-state index contributed by atoms with van der Waals surface area (Å²) in [6.07, 6.45) is 1.58. The molecule has 0 spiro atoms. The lowest BCUT2D eigenvalue weighted by Gasteiger charge is -2.01. The average molecular weight is 331 g/mol. The van der Waals surface area contributed by atoms with E-state index in [9.17, 15) is 4.79 Å². The van der Waals surface area contributed by atoms with E-state index in [0.29, 0.717) is 11.3 Å². The molecule has 3 rings (SSSR count). The predicted molar refractivity (Wildman–Crippen MR) is 80.8 cm³/mol. The Morgan fingerprint density at radius 2 is 2.10 bits per heavy atom. The summed E-state index contributed by atoms with van der Waals surface area (Å²) >= 11 is 3.24. The van der Waals surface area contributed by atoms with Crippen LogP contribution >= 0.6 is 15.9 Å². The Balaban J connectivity index is 1.86. The van der Waals surface area contributed by atoms with E-state index in [1.807, 2.05) is 25.1 Å². The van der Waals surface area contributed by atoms with Gasteiger partial charge in [-0.05, 0) is 53.2 Å². The minimum atomic E-state index is -0.289. The molecule has 2 heterocycles. The van der Waals surface area contributed by atoms with Gasteiger partial charge in [-0.25, -0.2) is 4.98 Å². The number of aromatic nitrogens is 1. The van der Waals surface area contributed by atoms with Crippen LogP contribution in [0.25, 0.3) is 11.0 Å². The van der Waals surface area contributed by atoms with Gasteiger partial charge < -0.3 is 9.73 Å². The van der Waals surface area contributed by atoms with E-state index in [1.54, 1.807) is 24.4 Å². The number of carbonyl (C=O) groups is 1. The van der Waals surface area contributed by atoms with E-state index < -0.39 is 0 Å². The first-order valence-corrected chi connectivity index (χ1v) is 6.84. The molecule has 1 amide bonds. The number of benzene rings is 1. The second-order valence-electron chi connectivity index (χ2n) is 4.48. The van der Waals surface area contributed by atoms with Crippen molar-refractivity contribution in [1.82, 2.24) is 4.98 Å². The Bertz CT molecular complexity index is 778. The molecule has 0 saturated carbocycles. The Kier molecular flexibility index (Phi) is 3.28. The number of anilines is 1. The van der Waals surface area contributed by atoms with Gasteiger partial charge in [-0.3, -0.25) is 4.79 Å². The van der Waals surface area contributed by atoms with Gasteiger partial charge in [0.2, 0.25) is 0 Å². The highest BCUT2D eigenvalue weighted by Crippen LogP contribution is 2.21. The van der Waals surface area contributed by atoms with Gasteiger partial charge in [-0.2, -0.15) is 0 Å². The number of rotatable bonds is 2. The number of hydrogen-bond donors (Lipinski definition) is 1. The number of nitrogens with one attached hydrogen (secondary N) is 1. The van der Waals surface area contributed by atoms with Gasteiger partial charge in [-0.1, -0.05) is 11.6 Å². The summed E-state index contributed by atoms with van der Waals surface area (Å²) in [6, 6.07) is 11.1. The van der Waals surface area contributed by atoms with Gasteiger partial charge >= 0.3 is 0 Å². The Morgan fingerprint density at radius 3 is 2.85 bits per heavy atom. The normalized spacial score (nSPS) is 10.7. The molecule has 2 aromatic heterocycles. The zero-order valence-electron chi connectivity index (χ0n) is 10.7. The number of nitrogens with zero attached hydrogens (tertiary/aromatic N) is 1. The van der Waals surface area contributed by atoms with Gasteiger partial charge in [0.15, 0.2) is 5.76 Å². The van der Waals surface area contributed by atoms with Crippen molar-refractivity contribution in [2.45, 2.75) is 6.92 Å². The number of amides is 1. The fourth-order valence-electron chi connectivity index (χ4n) is 1.92. The van der Waals surface area contributed by atoms with Crippen LogP contribution in [-0.4, -0.2) is 10.9 Å². The first-order chi connectivity index (χ1) is 9.61. The predicted octanol–water partition coefficient (Wildman–Crippen LogP) is 4.15. The van der Waals surface area contributed by atoms with Gasteiger partial charge in [0.25, 0.3) is 5.91 Å². The zero-order valence-corrected chi connectivity index (χ0v) is 12.3. The molecule has 0 bridgehead atoms. The molecule has 0 atom stereocenters. The molecule has 20 heavy (non-hydrogen) atoms. The number of carbonyl (C=O) groups excluding carboxylic acids is 1. The lowest BCUT2D eigenvalue weighted by molar-refractivity contribution is 0.0998. The molecular weight excluding hydrogens is 320 g/mol. The maximum absolute atomic E-state index is 12.1. The van der Waals surface area contributed by atoms with Crippen LogP contribution in [0, 0.1) is 6.92 Å². The molecule has 0 radical (unpaired) electrons. The summed E-state index contributed by atoms with van der Waals surface area (Å²) in [5.74, 6) is -0.00325. The maximum Gasteiger partial charge on any atom is 0.291 e. The van der Waals surface area contributed by atoms with Crippen molar-refractivity contribution in [2.24, 2.45) is 0 Å². The molecule has 0 unspecified atom stereocenters. The average Bonchev–Trinajstić information content (AvgIpc) is 2.84. The second kappa shape index (κ2) is 5.09. The highest BCUT2D eigenvalue weighted by molar-refractivity contribution is 9.10. The Labute approximate surface area is 123 Å². The molecule has 0 aliphatic rings. The third-order valence-corrected chi connectivity index (χ3v) is 3.35. The lowest BCUT2D eigenvalue weighted by atomic mass is 10.2. The van der Waals surface area contributed by atoms with Crippen LogP contribution in [0.5, 0.6) is 0 Å². The quantitative estimate of drug-likeness (QED) is 0.718. The molecule has 1 aromatic carbocycles. The fraction of sp³-hybridized carbons (Fsp3) is 0.0667. The first-order valence-electron chi connectivity index (χ1n) is 6.05. The molecule has 100 valence electrons. The number of fused-ring (bicyclic) bond motifs is 1. The Morgan fingerprint density at radius 1 is 1.25 bits per heavy atom. The number of aryl methyl sites for hydroxylation is 1. The van der Waals surface area contributed by atoms with E-state index in [0.717, 1.165) is 15.6 Å². The monoisotopic (exact) mass is 330 g/mol. The Hall–Kier alpha value is -2.14. The van der Waals surface area contributed by atoms with Crippen molar-refractivity contribution in [3.05, 3.63) is 58.5 Å². The molecule has 5 heteroatoms. The molecule has 1 N–H and O–H groups in total. The number of halogens is 1. The van der Waals surface area contributed by atoms with Gasteiger partial charge in [0.1, 0.15) is 10.2 Å². The summed E-state index contributed by atoms with van der Waals surface area (Å²) in [5, 5.41) is 3.67. The van der Waals surface area contributed by atoms with Crippen molar-refractivity contribution < 1.29 is 9.21 Å². The van der Waals surface area contributed by atoms with Gasteiger partial charge in [0.05, 0.1) is 11.9 Å². The first kappa shape index (κ1) is 12.9. The van der Waals surface area contributed by atoms with E-state index in [-0.39, 0.29) is 11.7 Å². The minimum Gasteiger partial charge on any atom is -0.451 e. The molecule has 3 aromatic rings. The van der Waals surface area contributed by atoms with Gasteiger partial charge in [0, 0.05) is 5.39 Å². The molecule has 0 aliphatic heterocycles. The summed E-state index contributed by atoms with van der Waals surface area (Å²) in [4.78, 5) is 16.2. The highest BCUT2D eigenvalue weighted by Gasteiger charge is 2.12. The van der Waals surface area contributed by atoms with Crippen molar-refractivity contribution in [2.75, 3.05) is 5.32 Å². The third kappa shape index (κ3) is 2.58. The van der Waals surface area contributed by atoms with Crippen LogP contribution < -0.4 is 5.32 Å². The molecule has 0 fully saturated rings. The van der Waals surface area contributed by atoms with E-state index in [4.69, 9.17) is 4.42 Å². The zero-order chi connectivity index (χ0) is 14.1. The smallest absolute Gasteiger partial charge is 0.291 e. The van der Waals surface area contributed by atoms with Crippen LogP contribution in [0.2, 0.25) is 0 Å². The van der Waals surface area contributed by atoms with Crippen LogP contribution in [0.15, 0.2) is 51.6 Å². The van der Waals surface area contributed by atoms with E-state index in [2.05, 4.69) is 26.2 Å². The summed E-state index contributed by atoms with van der Waals surface area (Å²) < 4.78 is 6.26. The SMILES string of the molecule is Cc1ccc2oc(C(=O)Nc3ccc(Br)nc3)cc2c1. The highest BCUT2D eigenvalue weighted by atomic mass is 79.9. The number of hydrogen-bond acceptors (Lipinski definition) is 3. The lowest BCUT2D eigenvalue weighted by Crippen LogP contribution is -2.10. The topological polar surface area (TPSA) is 55.1 Å². The van der Waals surface area contributed by atoms with Crippen LogP contribution in [0.1, 0.15) is 16.1 Å². The molecule has 4 nitrogen and oxygen atoms in total.